The van der Waals surface area contributed by atoms with Crippen LogP contribution in [0.5, 0.6) is 0 Å². The van der Waals surface area contributed by atoms with Crippen molar-refractivity contribution in [2.45, 2.75) is 38.8 Å². The molecule has 1 rings (SSSR count). The molecule has 0 unspecified atom stereocenters. The lowest BCUT2D eigenvalue weighted by atomic mass is 9.90. The fourth-order valence-electron chi connectivity index (χ4n) is 1.86. The van der Waals surface area contributed by atoms with Crippen molar-refractivity contribution in [1.29, 1.82) is 0 Å². The summed E-state index contributed by atoms with van der Waals surface area (Å²) < 4.78 is 9.74. The Morgan fingerprint density at radius 3 is 2.22 bits per heavy atom. The predicted octanol–water partition coefficient (Wildman–Crippen LogP) is 1.90. The number of hydrogen-bond acceptors (Lipinski definition) is 7. The molecule has 0 spiro atoms. The Bertz CT molecular complexity index is 646. The molecule has 0 bridgehead atoms. The summed E-state index contributed by atoms with van der Waals surface area (Å²) in [6, 6.07) is 3.59. The van der Waals surface area contributed by atoms with Crippen LogP contribution in [0.3, 0.4) is 0 Å². The molecule has 126 valence electrons. The van der Waals surface area contributed by atoms with Crippen molar-refractivity contribution in [2.75, 3.05) is 7.11 Å². The minimum absolute atomic E-state index is 0.0112. The van der Waals surface area contributed by atoms with E-state index in [0.29, 0.717) is 0 Å². The minimum atomic E-state index is -1.75. The molecule has 8 nitrogen and oxygen atoms in total. The SMILES string of the molecule is COC(=O)c1ccc([C@](C)(N)C(=O)OC(C)(C)C)c([N+](=O)[O-])c1. The molecule has 2 N–H and O–H groups in total. The maximum atomic E-state index is 12.3. The zero-order chi connectivity index (χ0) is 18.0. The molecule has 0 saturated carbocycles. The molecule has 1 atom stereocenters. The highest BCUT2D eigenvalue weighted by molar-refractivity contribution is 5.91. The van der Waals surface area contributed by atoms with Gasteiger partial charge >= 0.3 is 11.9 Å². The highest BCUT2D eigenvalue weighted by atomic mass is 16.6. The number of nitro groups is 1. The Balaban J connectivity index is 3.37. The molecule has 0 heterocycles. The van der Waals surface area contributed by atoms with Gasteiger partial charge in [-0.2, -0.15) is 0 Å². The van der Waals surface area contributed by atoms with E-state index in [-0.39, 0.29) is 11.1 Å². The number of benzene rings is 1. The van der Waals surface area contributed by atoms with Crippen LogP contribution < -0.4 is 5.73 Å². The first-order valence-corrected chi connectivity index (χ1v) is 6.79. The van der Waals surface area contributed by atoms with Gasteiger partial charge in [-0.25, -0.2) is 9.59 Å². The van der Waals surface area contributed by atoms with Gasteiger partial charge in [0.1, 0.15) is 11.1 Å². The number of methoxy groups -OCH3 is 1. The second-order valence-corrected chi connectivity index (χ2v) is 6.18. The highest BCUT2D eigenvalue weighted by Crippen LogP contribution is 2.31. The summed E-state index contributed by atoms with van der Waals surface area (Å²) in [6.07, 6.45) is 0. The zero-order valence-corrected chi connectivity index (χ0v) is 13.7. The summed E-state index contributed by atoms with van der Waals surface area (Å²) >= 11 is 0. The van der Waals surface area contributed by atoms with E-state index in [0.717, 1.165) is 13.2 Å². The largest absolute Gasteiger partial charge is 0.465 e. The number of carbonyl (C=O) groups is 2. The maximum absolute atomic E-state index is 12.3. The van der Waals surface area contributed by atoms with Crippen molar-refractivity contribution in [3.05, 3.63) is 39.4 Å². The fourth-order valence-corrected chi connectivity index (χ4v) is 1.86. The third-order valence-electron chi connectivity index (χ3n) is 3.00. The first-order valence-electron chi connectivity index (χ1n) is 6.79. The van der Waals surface area contributed by atoms with E-state index in [1.807, 2.05) is 0 Å². The number of nitrogens with two attached hydrogens (primary N) is 1. The monoisotopic (exact) mass is 324 g/mol. The molecule has 0 aliphatic heterocycles. The van der Waals surface area contributed by atoms with E-state index >= 15 is 0 Å². The summed E-state index contributed by atoms with van der Waals surface area (Å²) in [5.74, 6) is -1.53. The smallest absolute Gasteiger partial charge is 0.338 e. The van der Waals surface area contributed by atoms with E-state index in [1.54, 1.807) is 20.8 Å². The van der Waals surface area contributed by atoms with Gasteiger partial charge in [0.15, 0.2) is 0 Å². The van der Waals surface area contributed by atoms with Gasteiger partial charge in [-0.3, -0.25) is 10.1 Å². The summed E-state index contributed by atoms with van der Waals surface area (Å²) in [4.78, 5) is 34.3. The summed E-state index contributed by atoms with van der Waals surface area (Å²) in [5, 5.41) is 11.3. The van der Waals surface area contributed by atoms with Gasteiger partial charge in [0, 0.05) is 6.07 Å². The standard InChI is InChI=1S/C15H20N2O6/c1-14(2,3)23-13(19)15(4,16)10-7-6-9(12(18)22-5)8-11(10)17(20)21/h6-8H,16H2,1-5H3/t15-/m0/s1. The van der Waals surface area contributed by atoms with Crippen molar-refractivity contribution in [1.82, 2.24) is 0 Å². The van der Waals surface area contributed by atoms with Gasteiger partial charge < -0.3 is 15.2 Å². The number of rotatable bonds is 4. The summed E-state index contributed by atoms with van der Waals surface area (Å²) in [7, 11) is 1.16. The van der Waals surface area contributed by atoms with Crippen molar-refractivity contribution in [3.63, 3.8) is 0 Å². The topological polar surface area (TPSA) is 122 Å². The van der Waals surface area contributed by atoms with Crippen LogP contribution in [0.2, 0.25) is 0 Å². The van der Waals surface area contributed by atoms with Crippen molar-refractivity contribution >= 4 is 17.6 Å². The summed E-state index contributed by atoms with van der Waals surface area (Å²) in [5.41, 5.74) is 2.93. The molecule has 0 saturated heterocycles. The zero-order valence-electron chi connectivity index (χ0n) is 13.7. The molecule has 0 aliphatic rings. The van der Waals surface area contributed by atoms with Crippen LogP contribution in [-0.4, -0.2) is 29.6 Å². The third-order valence-corrected chi connectivity index (χ3v) is 3.00. The highest BCUT2D eigenvalue weighted by Gasteiger charge is 2.40. The van der Waals surface area contributed by atoms with Crippen molar-refractivity contribution in [2.24, 2.45) is 5.73 Å². The Morgan fingerprint density at radius 2 is 1.78 bits per heavy atom. The lowest BCUT2D eigenvalue weighted by molar-refractivity contribution is -0.386. The van der Waals surface area contributed by atoms with E-state index in [2.05, 4.69) is 4.74 Å². The van der Waals surface area contributed by atoms with Gasteiger partial charge in [0.25, 0.3) is 5.69 Å². The van der Waals surface area contributed by atoms with Gasteiger partial charge in [-0.05, 0) is 39.8 Å². The lowest BCUT2D eigenvalue weighted by Gasteiger charge is -2.28. The fraction of sp³-hybridized carbons (Fsp3) is 0.467. The molecule has 0 aliphatic carbocycles. The molecule has 0 radical (unpaired) electrons. The quantitative estimate of drug-likeness (QED) is 0.510. The molecular formula is C15H20N2O6. The van der Waals surface area contributed by atoms with Crippen molar-refractivity contribution in [3.8, 4) is 0 Å². The maximum Gasteiger partial charge on any atom is 0.338 e. The van der Waals surface area contributed by atoms with Gasteiger partial charge in [-0.1, -0.05) is 0 Å². The minimum Gasteiger partial charge on any atom is -0.465 e. The molecule has 1 aromatic carbocycles. The summed E-state index contributed by atoms with van der Waals surface area (Å²) in [6.45, 7) is 6.31. The van der Waals surface area contributed by atoms with E-state index in [4.69, 9.17) is 10.5 Å². The van der Waals surface area contributed by atoms with E-state index in [9.17, 15) is 19.7 Å². The molecule has 1 aromatic rings. The lowest BCUT2D eigenvalue weighted by Crippen LogP contribution is -2.46. The Morgan fingerprint density at radius 1 is 1.22 bits per heavy atom. The Kier molecular flexibility index (Phi) is 5.11. The molecule has 0 aromatic heterocycles. The molecule has 0 fully saturated rings. The van der Waals surface area contributed by atoms with E-state index < -0.39 is 33.7 Å². The number of carbonyl (C=O) groups excluding carboxylic acids is 2. The molecule has 8 heteroatoms. The van der Waals surface area contributed by atoms with Crippen LogP contribution in [0.15, 0.2) is 18.2 Å². The normalized spacial score (nSPS) is 13.8. The second-order valence-electron chi connectivity index (χ2n) is 6.18. The Hall–Kier alpha value is -2.48. The Labute approximate surface area is 133 Å². The number of hydrogen-bond donors (Lipinski definition) is 1. The second kappa shape index (κ2) is 6.33. The van der Waals surface area contributed by atoms with Gasteiger partial charge in [0.2, 0.25) is 0 Å². The van der Waals surface area contributed by atoms with E-state index in [1.165, 1.54) is 19.1 Å². The number of ether oxygens (including phenoxy) is 2. The van der Waals surface area contributed by atoms with Crippen LogP contribution in [-0.2, 0) is 19.8 Å². The van der Waals surface area contributed by atoms with Gasteiger partial charge in [0.05, 0.1) is 23.2 Å². The first-order chi connectivity index (χ1) is 10.4. The first kappa shape index (κ1) is 18.6. The van der Waals surface area contributed by atoms with Crippen LogP contribution in [0.4, 0.5) is 5.69 Å². The van der Waals surface area contributed by atoms with Crippen LogP contribution in [0, 0.1) is 10.1 Å². The molecule has 23 heavy (non-hydrogen) atoms. The number of nitro benzene ring substituents is 1. The average molecular weight is 324 g/mol. The number of esters is 2. The third kappa shape index (κ3) is 4.26. The molecular weight excluding hydrogens is 304 g/mol. The average Bonchev–Trinajstić information content (AvgIpc) is 2.43. The van der Waals surface area contributed by atoms with Gasteiger partial charge in [-0.15, -0.1) is 0 Å². The van der Waals surface area contributed by atoms with Crippen molar-refractivity contribution < 1.29 is 24.0 Å². The predicted molar refractivity (Wildman–Crippen MR) is 81.8 cm³/mol. The van der Waals surface area contributed by atoms with Crippen LogP contribution in [0.1, 0.15) is 43.6 Å². The number of nitrogens with zero attached hydrogens (tertiary/aromatic N) is 1. The molecule has 0 amide bonds. The van der Waals surface area contributed by atoms with Crippen LogP contribution >= 0.6 is 0 Å². The van der Waals surface area contributed by atoms with Crippen LogP contribution in [0.25, 0.3) is 0 Å².